The van der Waals surface area contributed by atoms with Crippen molar-refractivity contribution in [1.29, 1.82) is 0 Å². The highest BCUT2D eigenvalue weighted by Crippen LogP contribution is 2.19. The van der Waals surface area contributed by atoms with E-state index in [4.69, 9.17) is 0 Å². The number of nitrogens with one attached hydrogen (secondary N) is 1. The van der Waals surface area contributed by atoms with Crippen LogP contribution in [0.5, 0.6) is 0 Å². The minimum absolute atomic E-state index is 0.0425. The molecule has 3 rings (SSSR count). The lowest BCUT2D eigenvalue weighted by Gasteiger charge is -2.25. The van der Waals surface area contributed by atoms with Crippen molar-refractivity contribution in [1.82, 2.24) is 23.6 Å². The SMILES string of the molecule is Cc1nc2c([nH]1)CN(C(=O)c1nsnc1C)CC2. The molecule has 0 bridgehead atoms. The van der Waals surface area contributed by atoms with Crippen molar-refractivity contribution in [2.24, 2.45) is 0 Å². The van der Waals surface area contributed by atoms with Gasteiger partial charge in [-0.2, -0.15) is 8.75 Å². The summed E-state index contributed by atoms with van der Waals surface area (Å²) in [6.45, 7) is 5.00. The molecule has 2 aromatic rings. The number of amides is 1. The Balaban J connectivity index is 1.84. The molecule has 0 saturated heterocycles. The molecule has 0 saturated carbocycles. The molecule has 18 heavy (non-hydrogen) atoms. The molecule has 1 N–H and O–H groups in total. The van der Waals surface area contributed by atoms with Crippen LogP contribution in [0.15, 0.2) is 0 Å². The van der Waals surface area contributed by atoms with Gasteiger partial charge in [0.25, 0.3) is 5.91 Å². The van der Waals surface area contributed by atoms with Crippen LogP contribution in [-0.4, -0.2) is 36.1 Å². The van der Waals surface area contributed by atoms with E-state index in [2.05, 4.69) is 18.7 Å². The van der Waals surface area contributed by atoms with Crippen molar-refractivity contribution < 1.29 is 4.79 Å². The topological polar surface area (TPSA) is 74.8 Å². The van der Waals surface area contributed by atoms with E-state index in [1.54, 1.807) is 4.90 Å². The lowest BCUT2D eigenvalue weighted by Crippen LogP contribution is -2.36. The second kappa shape index (κ2) is 4.16. The monoisotopic (exact) mass is 263 g/mol. The third-order valence-corrected chi connectivity index (χ3v) is 3.71. The van der Waals surface area contributed by atoms with Crippen LogP contribution in [0.25, 0.3) is 0 Å². The Morgan fingerprint density at radius 3 is 2.94 bits per heavy atom. The Morgan fingerprint density at radius 1 is 1.39 bits per heavy atom. The molecule has 3 heterocycles. The maximum atomic E-state index is 12.3. The van der Waals surface area contributed by atoms with Crippen molar-refractivity contribution in [3.63, 3.8) is 0 Å². The van der Waals surface area contributed by atoms with Gasteiger partial charge in [0.1, 0.15) is 5.82 Å². The molecular formula is C11H13N5OS. The van der Waals surface area contributed by atoms with Gasteiger partial charge in [-0.3, -0.25) is 4.79 Å². The van der Waals surface area contributed by atoms with Gasteiger partial charge in [-0.1, -0.05) is 0 Å². The number of H-pyrrole nitrogens is 1. The molecule has 0 atom stereocenters. The number of aromatic nitrogens is 4. The number of aromatic amines is 1. The van der Waals surface area contributed by atoms with E-state index in [9.17, 15) is 4.79 Å². The van der Waals surface area contributed by atoms with E-state index in [1.165, 1.54) is 0 Å². The predicted molar refractivity (Wildman–Crippen MR) is 66.4 cm³/mol. The molecule has 0 unspecified atom stereocenters. The second-order valence-corrected chi connectivity index (χ2v) is 4.95. The van der Waals surface area contributed by atoms with Crippen molar-refractivity contribution >= 4 is 17.6 Å². The Kier molecular flexibility index (Phi) is 2.62. The molecule has 2 aromatic heterocycles. The second-order valence-electron chi connectivity index (χ2n) is 4.42. The largest absolute Gasteiger partial charge is 0.344 e. The average molecular weight is 263 g/mol. The highest BCUT2D eigenvalue weighted by atomic mass is 32.1. The summed E-state index contributed by atoms with van der Waals surface area (Å²) in [7, 11) is 0. The number of nitrogens with zero attached hydrogens (tertiary/aromatic N) is 4. The van der Waals surface area contributed by atoms with E-state index in [0.29, 0.717) is 24.5 Å². The van der Waals surface area contributed by atoms with E-state index >= 15 is 0 Å². The third-order valence-electron chi connectivity index (χ3n) is 3.09. The van der Waals surface area contributed by atoms with Crippen molar-refractivity contribution in [3.8, 4) is 0 Å². The first kappa shape index (κ1) is 11.3. The zero-order valence-corrected chi connectivity index (χ0v) is 11.0. The third kappa shape index (κ3) is 1.80. The van der Waals surface area contributed by atoms with Gasteiger partial charge in [0.15, 0.2) is 5.69 Å². The molecule has 6 nitrogen and oxygen atoms in total. The summed E-state index contributed by atoms with van der Waals surface area (Å²) in [6.07, 6.45) is 0.794. The van der Waals surface area contributed by atoms with Crippen molar-refractivity contribution in [2.75, 3.05) is 6.54 Å². The minimum Gasteiger partial charge on any atom is -0.344 e. The van der Waals surface area contributed by atoms with Crippen LogP contribution in [0.3, 0.4) is 0 Å². The highest BCUT2D eigenvalue weighted by molar-refractivity contribution is 6.99. The maximum absolute atomic E-state index is 12.3. The number of carbonyl (C=O) groups excluding carboxylic acids is 1. The maximum Gasteiger partial charge on any atom is 0.275 e. The van der Waals surface area contributed by atoms with Gasteiger partial charge in [-0.15, -0.1) is 0 Å². The number of imidazole rings is 1. The van der Waals surface area contributed by atoms with Gasteiger partial charge in [0.05, 0.1) is 35.4 Å². The van der Waals surface area contributed by atoms with Crippen LogP contribution < -0.4 is 0 Å². The molecular weight excluding hydrogens is 250 g/mol. The zero-order chi connectivity index (χ0) is 12.7. The molecule has 0 aliphatic carbocycles. The van der Waals surface area contributed by atoms with Crippen LogP contribution in [0, 0.1) is 13.8 Å². The number of hydrogen-bond acceptors (Lipinski definition) is 5. The molecule has 0 radical (unpaired) electrons. The minimum atomic E-state index is -0.0425. The van der Waals surface area contributed by atoms with Gasteiger partial charge in [0.2, 0.25) is 0 Å². The predicted octanol–water partition coefficient (Wildman–Crippen LogP) is 1.08. The number of carbonyl (C=O) groups is 1. The summed E-state index contributed by atoms with van der Waals surface area (Å²) < 4.78 is 8.11. The lowest BCUT2D eigenvalue weighted by atomic mass is 10.1. The Morgan fingerprint density at radius 2 is 2.22 bits per heavy atom. The summed E-state index contributed by atoms with van der Waals surface area (Å²) in [5, 5.41) is 0. The quantitative estimate of drug-likeness (QED) is 0.835. The summed E-state index contributed by atoms with van der Waals surface area (Å²) in [4.78, 5) is 21.7. The number of fused-ring (bicyclic) bond motifs is 1. The fourth-order valence-electron chi connectivity index (χ4n) is 2.19. The van der Waals surface area contributed by atoms with Gasteiger partial charge in [0, 0.05) is 13.0 Å². The first-order valence-electron chi connectivity index (χ1n) is 5.78. The molecule has 0 spiro atoms. The van der Waals surface area contributed by atoms with E-state index in [1.807, 2.05) is 13.8 Å². The normalized spacial score (nSPS) is 14.7. The fourth-order valence-corrected chi connectivity index (χ4v) is 2.73. The fraction of sp³-hybridized carbons (Fsp3) is 0.455. The van der Waals surface area contributed by atoms with Crippen LogP contribution >= 0.6 is 11.7 Å². The molecule has 0 aromatic carbocycles. The van der Waals surface area contributed by atoms with Gasteiger partial charge in [-0.25, -0.2) is 4.98 Å². The summed E-state index contributed by atoms with van der Waals surface area (Å²) in [6, 6.07) is 0. The number of rotatable bonds is 1. The Bertz CT molecular complexity index is 602. The highest BCUT2D eigenvalue weighted by Gasteiger charge is 2.26. The molecule has 94 valence electrons. The Hall–Kier alpha value is -1.76. The first-order valence-corrected chi connectivity index (χ1v) is 6.51. The van der Waals surface area contributed by atoms with Crippen molar-refractivity contribution in [2.45, 2.75) is 26.8 Å². The lowest BCUT2D eigenvalue weighted by molar-refractivity contribution is 0.0726. The van der Waals surface area contributed by atoms with Crippen LogP contribution in [0.2, 0.25) is 0 Å². The first-order chi connectivity index (χ1) is 8.65. The molecule has 1 aliphatic heterocycles. The van der Waals surface area contributed by atoms with Gasteiger partial charge in [-0.05, 0) is 13.8 Å². The van der Waals surface area contributed by atoms with Crippen molar-refractivity contribution in [3.05, 3.63) is 28.6 Å². The zero-order valence-electron chi connectivity index (χ0n) is 10.2. The number of aryl methyl sites for hydroxylation is 2. The van der Waals surface area contributed by atoms with Crippen LogP contribution in [0.1, 0.15) is 33.4 Å². The average Bonchev–Trinajstić information content (AvgIpc) is 2.91. The smallest absolute Gasteiger partial charge is 0.275 e. The summed E-state index contributed by atoms with van der Waals surface area (Å²) >= 11 is 1.08. The van der Waals surface area contributed by atoms with Crippen LogP contribution in [0.4, 0.5) is 0 Å². The molecule has 0 fully saturated rings. The van der Waals surface area contributed by atoms with Gasteiger partial charge < -0.3 is 9.88 Å². The number of hydrogen-bond donors (Lipinski definition) is 1. The van der Waals surface area contributed by atoms with Gasteiger partial charge >= 0.3 is 0 Å². The standard InChI is InChI=1S/C11H13N5OS/c1-6-10(15-18-14-6)11(17)16-4-3-8-9(5-16)13-7(2)12-8/h3-5H2,1-2H3,(H,12,13). The van der Waals surface area contributed by atoms with E-state index in [0.717, 1.165) is 35.4 Å². The molecule has 7 heteroatoms. The molecule has 1 aliphatic rings. The Labute approximate surface area is 108 Å². The molecule has 1 amide bonds. The van der Waals surface area contributed by atoms with E-state index in [-0.39, 0.29) is 5.91 Å². The summed E-state index contributed by atoms with van der Waals surface area (Å²) in [5.74, 6) is 0.861. The summed E-state index contributed by atoms with van der Waals surface area (Å²) in [5.41, 5.74) is 3.29. The van der Waals surface area contributed by atoms with E-state index < -0.39 is 0 Å². The van der Waals surface area contributed by atoms with Crippen LogP contribution in [-0.2, 0) is 13.0 Å².